The van der Waals surface area contributed by atoms with E-state index in [9.17, 15) is 23.5 Å². The van der Waals surface area contributed by atoms with Crippen molar-refractivity contribution in [2.75, 3.05) is 0 Å². The lowest BCUT2D eigenvalue weighted by atomic mass is 9.96. The number of benzene rings is 1. The van der Waals surface area contributed by atoms with Crippen molar-refractivity contribution in [2.24, 2.45) is 0 Å². The number of fused-ring (bicyclic) bond motifs is 1. The summed E-state index contributed by atoms with van der Waals surface area (Å²) >= 11 is 1.35. The predicted octanol–water partition coefficient (Wildman–Crippen LogP) is 4.94. The Morgan fingerprint density at radius 3 is 2.66 bits per heavy atom. The maximum Gasteiger partial charge on any atom is 0.423 e. The molecule has 0 fully saturated rings. The summed E-state index contributed by atoms with van der Waals surface area (Å²) in [6.07, 6.45) is -2.61. The van der Waals surface area contributed by atoms with Gasteiger partial charge in [0.1, 0.15) is 16.6 Å². The third kappa shape index (κ3) is 3.74. The minimum atomic E-state index is -4.85. The molecule has 32 heavy (non-hydrogen) atoms. The minimum Gasteiger partial charge on any atom is -0.375 e. The number of alkyl halides is 3. The second-order valence-electron chi connectivity index (χ2n) is 7.45. The van der Waals surface area contributed by atoms with Gasteiger partial charge in [0.25, 0.3) is 0 Å². The Balaban J connectivity index is 1.68. The Morgan fingerprint density at radius 1 is 1.22 bits per heavy atom. The average Bonchev–Trinajstić information content (AvgIpc) is 3.36. The third-order valence-corrected chi connectivity index (χ3v) is 6.39. The van der Waals surface area contributed by atoms with Crippen molar-refractivity contribution in [1.29, 1.82) is 5.26 Å². The summed E-state index contributed by atoms with van der Waals surface area (Å²) in [5, 5.41) is 27.9. The lowest BCUT2D eigenvalue weighted by Crippen LogP contribution is -2.42. The molecule has 3 aromatic heterocycles. The summed E-state index contributed by atoms with van der Waals surface area (Å²) in [6, 6.07) is 11.6. The number of aliphatic hydroxyl groups is 1. The summed E-state index contributed by atoms with van der Waals surface area (Å²) in [4.78, 5) is 4.78. The van der Waals surface area contributed by atoms with Crippen LogP contribution in [0.25, 0.3) is 21.2 Å². The summed E-state index contributed by atoms with van der Waals surface area (Å²) in [7, 11) is 0. The van der Waals surface area contributed by atoms with Crippen LogP contribution < -0.4 is 0 Å². The molecule has 0 aliphatic carbocycles. The predicted molar refractivity (Wildman–Crippen MR) is 114 cm³/mol. The first kappa shape index (κ1) is 21.9. The van der Waals surface area contributed by atoms with E-state index in [0.717, 1.165) is 38.7 Å². The van der Waals surface area contributed by atoms with Gasteiger partial charge in [0, 0.05) is 27.5 Å². The number of nitrogens with zero attached hydrogens (tertiary/aromatic N) is 5. The Hall–Kier alpha value is -3.29. The molecule has 164 valence electrons. The van der Waals surface area contributed by atoms with Gasteiger partial charge in [0.2, 0.25) is 5.60 Å². The lowest BCUT2D eigenvalue weighted by molar-refractivity contribution is -0.269. The highest BCUT2D eigenvalue weighted by Gasteiger charge is 2.55. The fraction of sp³-hybridized carbons (Fsp3) is 0.273. The molecular weight excluding hydrogens is 439 g/mol. The van der Waals surface area contributed by atoms with Crippen LogP contribution in [-0.4, -0.2) is 31.3 Å². The number of pyridine rings is 1. The molecular formula is C22H18F3N5OS. The molecule has 0 saturated carbocycles. The largest absolute Gasteiger partial charge is 0.423 e. The Bertz CT molecular complexity index is 1340. The first-order valence-electron chi connectivity index (χ1n) is 9.74. The van der Waals surface area contributed by atoms with Crippen LogP contribution >= 0.6 is 11.3 Å². The Morgan fingerprint density at radius 2 is 2.00 bits per heavy atom. The van der Waals surface area contributed by atoms with E-state index >= 15 is 0 Å². The zero-order valence-corrected chi connectivity index (χ0v) is 18.0. The van der Waals surface area contributed by atoms with Crippen molar-refractivity contribution < 1.29 is 18.3 Å². The average molecular weight is 457 g/mol. The molecule has 0 spiro atoms. The van der Waals surface area contributed by atoms with Crippen molar-refractivity contribution >= 4 is 21.4 Å². The number of hydrogen-bond acceptors (Lipinski definition) is 6. The van der Waals surface area contributed by atoms with Gasteiger partial charge in [-0.25, -0.2) is 4.68 Å². The Labute approximate surface area is 185 Å². The SMILES string of the molecule is CCC(O)(c1cn(Cc2ccc3c(-c4ccnc(C)c4)c(C#N)sc3c2)nn1)C(F)(F)F. The lowest BCUT2D eigenvalue weighted by Gasteiger charge is -2.26. The van der Waals surface area contributed by atoms with E-state index in [4.69, 9.17) is 0 Å². The van der Waals surface area contributed by atoms with E-state index in [0.29, 0.717) is 4.88 Å². The van der Waals surface area contributed by atoms with E-state index in [1.54, 1.807) is 6.20 Å². The molecule has 1 N–H and O–H groups in total. The van der Waals surface area contributed by atoms with Gasteiger partial charge in [-0.15, -0.1) is 16.4 Å². The summed E-state index contributed by atoms with van der Waals surface area (Å²) in [6.45, 7) is 3.29. The third-order valence-electron chi connectivity index (χ3n) is 5.33. The minimum absolute atomic E-state index is 0.171. The van der Waals surface area contributed by atoms with E-state index in [1.165, 1.54) is 22.9 Å². The van der Waals surface area contributed by atoms with Gasteiger partial charge in [-0.2, -0.15) is 18.4 Å². The zero-order chi connectivity index (χ0) is 23.1. The van der Waals surface area contributed by atoms with Crippen molar-refractivity contribution in [3.8, 4) is 17.2 Å². The van der Waals surface area contributed by atoms with Crippen molar-refractivity contribution in [3.05, 3.63) is 64.6 Å². The molecule has 3 heterocycles. The zero-order valence-electron chi connectivity index (χ0n) is 17.2. The van der Waals surface area contributed by atoms with Gasteiger partial charge in [0.05, 0.1) is 12.7 Å². The van der Waals surface area contributed by atoms with Gasteiger partial charge in [-0.05, 0) is 42.7 Å². The maximum absolute atomic E-state index is 13.3. The second kappa shape index (κ2) is 8.00. The number of thiophene rings is 1. The van der Waals surface area contributed by atoms with Gasteiger partial charge in [0.15, 0.2) is 0 Å². The molecule has 0 radical (unpaired) electrons. The quantitative estimate of drug-likeness (QED) is 0.459. The van der Waals surface area contributed by atoms with Crippen LogP contribution in [-0.2, 0) is 12.1 Å². The molecule has 4 rings (SSSR count). The van der Waals surface area contributed by atoms with Gasteiger partial charge >= 0.3 is 6.18 Å². The van der Waals surface area contributed by atoms with Crippen molar-refractivity contribution in [2.45, 2.75) is 38.6 Å². The highest BCUT2D eigenvalue weighted by molar-refractivity contribution is 7.20. The van der Waals surface area contributed by atoms with Crippen LogP contribution in [0.2, 0.25) is 0 Å². The molecule has 1 atom stereocenters. The molecule has 0 amide bonds. The van der Waals surface area contributed by atoms with Crippen LogP contribution in [0.1, 0.15) is 35.2 Å². The molecule has 6 nitrogen and oxygen atoms in total. The topological polar surface area (TPSA) is 87.6 Å². The normalized spacial score (nSPS) is 13.8. The summed E-state index contributed by atoms with van der Waals surface area (Å²) in [5.74, 6) is 0. The van der Waals surface area contributed by atoms with E-state index in [-0.39, 0.29) is 6.54 Å². The summed E-state index contributed by atoms with van der Waals surface area (Å²) < 4.78 is 42.0. The number of nitriles is 1. The van der Waals surface area contributed by atoms with Crippen LogP contribution in [0.4, 0.5) is 13.2 Å². The molecule has 0 aliphatic heterocycles. The summed E-state index contributed by atoms with van der Waals surface area (Å²) in [5.41, 5.74) is -0.209. The maximum atomic E-state index is 13.3. The second-order valence-corrected chi connectivity index (χ2v) is 8.50. The molecule has 0 saturated heterocycles. The van der Waals surface area contributed by atoms with E-state index in [1.807, 2.05) is 37.3 Å². The molecule has 4 aromatic rings. The monoisotopic (exact) mass is 457 g/mol. The highest BCUT2D eigenvalue weighted by atomic mass is 32.1. The van der Waals surface area contributed by atoms with Crippen molar-refractivity contribution in [1.82, 2.24) is 20.0 Å². The first-order valence-corrected chi connectivity index (χ1v) is 10.6. The fourth-order valence-electron chi connectivity index (χ4n) is 3.58. The van der Waals surface area contributed by atoms with E-state index < -0.39 is 23.9 Å². The van der Waals surface area contributed by atoms with E-state index in [2.05, 4.69) is 21.4 Å². The molecule has 0 bridgehead atoms. The van der Waals surface area contributed by atoms with Gasteiger partial charge in [-0.3, -0.25) is 4.98 Å². The number of rotatable bonds is 5. The smallest absolute Gasteiger partial charge is 0.375 e. The number of aryl methyl sites for hydroxylation is 1. The standard InChI is InChI=1S/C22H18F3N5OS/c1-3-21(31,22(23,24)25)19-12-30(29-28-19)11-14-4-5-16-17(9-14)32-18(10-26)20(16)15-6-7-27-13(2)8-15/h4-9,12,31H,3,11H2,1-2H3. The van der Waals surface area contributed by atoms with Crippen molar-refractivity contribution in [3.63, 3.8) is 0 Å². The highest BCUT2D eigenvalue weighted by Crippen LogP contribution is 2.41. The Kier molecular flexibility index (Phi) is 5.48. The number of aromatic nitrogens is 4. The molecule has 0 aliphatic rings. The van der Waals surface area contributed by atoms with Crippen LogP contribution in [0, 0.1) is 18.3 Å². The first-order chi connectivity index (χ1) is 15.2. The van der Waals surface area contributed by atoms with Crippen LogP contribution in [0.5, 0.6) is 0 Å². The van der Waals surface area contributed by atoms with Crippen LogP contribution in [0.3, 0.4) is 0 Å². The van der Waals surface area contributed by atoms with Gasteiger partial charge in [-0.1, -0.05) is 24.3 Å². The number of halogens is 3. The molecule has 1 unspecified atom stereocenters. The number of hydrogen-bond donors (Lipinski definition) is 1. The van der Waals surface area contributed by atoms with Crippen LogP contribution in [0.15, 0.2) is 42.7 Å². The molecule has 10 heteroatoms. The fourth-order valence-corrected chi connectivity index (χ4v) is 4.67. The van der Waals surface area contributed by atoms with Gasteiger partial charge < -0.3 is 5.11 Å². The molecule has 1 aromatic carbocycles.